The number of methoxy groups -OCH3 is 1. The van der Waals surface area contributed by atoms with E-state index in [0.717, 1.165) is 37.7 Å². The maximum Gasteiger partial charge on any atom is 0.305 e. The minimum absolute atomic E-state index is 0.127. The number of aliphatic hydroxyl groups excluding tert-OH is 1. The number of esters is 1. The highest BCUT2D eigenvalue weighted by atomic mass is 16.5. The van der Waals surface area contributed by atoms with Gasteiger partial charge < -0.3 is 9.84 Å². The summed E-state index contributed by atoms with van der Waals surface area (Å²) in [5, 5.41) is 10.0. The van der Waals surface area contributed by atoms with Crippen LogP contribution in [-0.2, 0) is 9.53 Å². The molecule has 0 heterocycles. The van der Waals surface area contributed by atoms with Gasteiger partial charge in [-0.3, -0.25) is 4.79 Å². The molecule has 2 atom stereocenters. The summed E-state index contributed by atoms with van der Waals surface area (Å²) in [7, 11) is 1.44. The summed E-state index contributed by atoms with van der Waals surface area (Å²) in [6, 6.07) is 8.33. The summed E-state index contributed by atoms with van der Waals surface area (Å²) in [6.45, 7) is 4.38. The van der Waals surface area contributed by atoms with E-state index < -0.39 is 0 Å². The average molecular weight is 373 g/mol. The number of unbranched alkanes of at least 4 members (excludes halogenated alkanes) is 2. The predicted octanol–water partition coefficient (Wildman–Crippen LogP) is 6.02. The van der Waals surface area contributed by atoms with Crippen molar-refractivity contribution >= 4 is 18.1 Å². The molecule has 0 aliphatic carbocycles. The van der Waals surface area contributed by atoms with E-state index in [1.807, 2.05) is 18.2 Å². The second-order valence-electron chi connectivity index (χ2n) is 7.30. The second kappa shape index (κ2) is 14.2. The maximum atomic E-state index is 11.1. The second-order valence-corrected chi connectivity index (χ2v) is 7.30. The molecule has 150 valence electrons. The molecular formula is C24H36O3. The fraction of sp³-hybridized carbons (Fsp3) is 0.542. The molecule has 0 aromatic heterocycles. The van der Waals surface area contributed by atoms with Gasteiger partial charge in [0.05, 0.1) is 13.2 Å². The number of aliphatic hydroxyl groups is 1. The molecule has 1 N–H and O–H groups in total. The van der Waals surface area contributed by atoms with Crippen LogP contribution in [0.5, 0.6) is 0 Å². The molecule has 1 aromatic rings. The lowest BCUT2D eigenvalue weighted by molar-refractivity contribution is -0.140. The van der Waals surface area contributed by atoms with E-state index in [-0.39, 0.29) is 12.1 Å². The van der Waals surface area contributed by atoms with Crippen molar-refractivity contribution in [3.63, 3.8) is 0 Å². The zero-order valence-electron chi connectivity index (χ0n) is 17.2. The standard InChI is InChI=1S/C24H36O3/c1-4-5-6-15-23(25)18-17-22-14-9-13-21(19-22)12-7-10-20(2)11-8-16-24(26)27-3/h7,9,12-14,17-20,23,25H,4-6,8,10-11,15-16H2,1-3H3/b12-7+,18-17+/t20-,23-/m1/s1. The van der Waals surface area contributed by atoms with Crippen molar-refractivity contribution in [2.45, 2.75) is 71.3 Å². The third kappa shape index (κ3) is 11.4. The minimum atomic E-state index is -0.360. The van der Waals surface area contributed by atoms with Gasteiger partial charge in [0.1, 0.15) is 0 Å². The van der Waals surface area contributed by atoms with Crippen LogP contribution in [0.25, 0.3) is 12.2 Å². The first-order valence-electron chi connectivity index (χ1n) is 10.2. The summed E-state index contributed by atoms with van der Waals surface area (Å²) in [5.41, 5.74) is 2.28. The van der Waals surface area contributed by atoms with Gasteiger partial charge in [0.15, 0.2) is 0 Å². The molecular weight excluding hydrogens is 336 g/mol. The molecule has 0 saturated carbocycles. The summed E-state index contributed by atoms with van der Waals surface area (Å²) in [4.78, 5) is 11.1. The number of rotatable bonds is 13. The molecule has 0 fully saturated rings. The molecule has 3 heteroatoms. The number of hydrogen-bond donors (Lipinski definition) is 1. The van der Waals surface area contributed by atoms with Crippen LogP contribution in [0.4, 0.5) is 0 Å². The van der Waals surface area contributed by atoms with Gasteiger partial charge in [0.25, 0.3) is 0 Å². The maximum absolute atomic E-state index is 11.1. The third-order valence-corrected chi connectivity index (χ3v) is 4.68. The summed E-state index contributed by atoms with van der Waals surface area (Å²) < 4.78 is 4.67. The summed E-state index contributed by atoms with van der Waals surface area (Å²) >= 11 is 0. The van der Waals surface area contributed by atoms with Gasteiger partial charge in [-0.05, 0) is 48.8 Å². The first-order valence-corrected chi connectivity index (χ1v) is 10.2. The van der Waals surface area contributed by atoms with Crippen molar-refractivity contribution in [2.24, 2.45) is 5.92 Å². The van der Waals surface area contributed by atoms with Crippen molar-refractivity contribution < 1.29 is 14.6 Å². The monoisotopic (exact) mass is 372 g/mol. The summed E-state index contributed by atoms with van der Waals surface area (Å²) in [5.74, 6) is 0.422. The Labute approximate surface area is 165 Å². The number of carbonyl (C=O) groups excluding carboxylic acids is 1. The van der Waals surface area contributed by atoms with Gasteiger partial charge in [0, 0.05) is 6.42 Å². The Bertz CT molecular complexity index is 589. The Hall–Kier alpha value is -1.87. The zero-order valence-corrected chi connectivity index (χ0v) is 17.2. The van der Waals surface area contributed by atoms with Crippen molar-refractivity contribution in [2.75, 3.05) is 7.11 Å². The van der Waals surface area contributed by atoms with Crippen LogP contribution in [0.3, 0.4) is 0 Å². The van der Waals surface area contributed by atoms with Gasteiger partial charge in [0.2, 0.25) is 0 Å². The van der Waals surface area contributed by atoms with E-state index in [1.54, 1.807) is 0 Å². The van der Waals surface area contributed by atoms with Crippen LogP contribution in [0.1, 0.15) is 76.3 Å². The molecule has 0 aliphatic rings. The predicted molar refractivity (Wildman–Crippen MR) is 114 cm³/mol. The zero-order chi connectivity index (χ0) is 19.9. The van der Waals surface area contributed by atoms with Crippen molar-refractivity contribution in [1.82, 2.24) is 0 Å². The average Bonchev–Trinajstić information content (AvgIpc) is 2.67. The Balaban J connectivity index is 2.42. The lowest BCUT2D eigenvalue weighted by atomic mass is 9.99. The number of hydrogen-bond acceptors (Lipinski definition) is 3. The van der Waals surface area contributed by atoms with Crippen LogP contribution in [0, 0.1) is 5.92 Å². The number of allylic oxidation sites excluding steroid dienone is 1. The van der Waals surface area contributed by atoms with Crippen LogP contribution in [-0.4, -0.2) is 24.3 Å². The first-order chi connectivity index (χ1) is 13.0. The van der Waals surface area contributed by atoms with Crippen LogP contribution in [0.15, 0.2) is 36.4 Å². The molecule has 0 spiro atoms. The highest BCUT2D eigenvalue weighted by Gasteiger charge is 2.04. The molecule has 3 nitrogen and oxygen atoms in total. The van der Waals surface area contributed by atoms with Crippen LogP contribution in [0.2, 0.25) is 0 Å². The van der Waals surface area contributed by atoms with Crippen LogP contribution < -0.4 is 0 Å². The van der Waals surface area contributed by atoms with E-state index in [1.165, 1.54) is 25.5 Å². The van der Waals surface area contributed by atoms with Crippen molar-refractivity contribution in [3.8, 4) is 0 Å². The topological polar surface area (TPSA) is 46.5 Å². The van der Waals surface area contributed by atoms with E-state index in [2.05, 4.69) is 48.9 Å². The Morgan fingerprint density at radius 3 is 2.59 bits per heavy atom. The number of benzene rings is 1. The van der Waals surface area contributed by atoms with Gasteiger partial charge in [-0.15, -0.1) is 0 Å². The highest BCUT2D eigenvalue weighted by Crippen LogP contribution is 2.15. The Morgan fingerprint density at radius 1 is 1.15 bits per heavy atom. The molecule has 0 saturated heterocycles. The van der Waals surface area contributed by atoms with E-state index in [0.29, 0.717) is 12.3 Å². The molecule has 0 aliphatic heterocycles. The number of carbonyl (C=O) groups is 1. The quantitative estimate of drug-likeness (QED) is 0.340. The normalized spacial score (nSPS) is 13.9. The largest absolute Gasteiger partial charge is 0.469 e. The lowest BCUT2D eigenvalue weighted by Crippen LogP contribution is -2.01. The van der Waals surface area contributed by atoms with Crippen molar-refractivity contribution in [3.05, 3.63) is 47.5 Å². The van der Waals surface area contributed by atoms with Gasteiger partial charge in [-0.25, -0.2) is 0 Å². The molecule has 0 bridgehead atoms. The fourth-order valence-electron chi connectivity index (χ4n) is 2.94. The fourth-order valence-corrected chi connectivity index (χ4v) is 2.94. The molecule has 1 aromatic carbocycles. The van der Waals surface area contributed by atoms with Crippen molar-refractivity contribution in [1.29, 1.82) is 0 Å². The highest BCUT2D eigenvalue weighted by molar-refractivity contribution is 5.69. The van der Waals surface area contributed by atoms with Gasteiger partial charge >= 0.3 is 5.97 Å². The first kappa shape index (κ1) is 23.2. The molecule has 0 amide bonds. The number of ether oxygens (including phenoxy) is 1. The minimum Gasteiger partial charge on any atom is -0.469 e. The molecule has 0 radical (unpaired) electrons. The molecule has 0 unspecified atom stereocenters. The van der Waals surface area contributed by atoms with E-state index in [4.69, 9.17) is 0 Å². The Kier molecular flexibility index (Phi) is 12.2. The molecule has 1 rings (SSSR count). The summed E-state index contributed by atoms with van der Waals surface area (Å²) in [6.07, 6.45) is 15.5. The van der Waals surface area contributed by atoms with Gasteiger partial charge in [-0.1, -0.05) is 75.6 Å². The van der Waals surface area contributed by atoms with E-state index >= 15 is 0 Å². The molecule has 27 heavy (non-hydrogen) atoms. The van der Waals surface area contributed by atoms with Crippen LogP contribution >= 0.6 is 0 Å². The smallest absolute Gasteiger partial charge is 0.305 e. The SMILES string of the molecule is CCCCC[C@@H](O)/C=C/c1cccc(/C=C/C[C@@H](C)CCCC(=O)OC)c1. The Morgan fingerprint density at radius 2 is 1.89 bits per heavy atom. The third-order valence-electron chi connectivity index (χ3n) is 4.68. The van der Waals surface area contributed by atoms with E-state index in [9.17, 15) is 9.90 Å². The van der Waals surface area contributed by atoms with Gasteiger partial charge in [-0.2, -0.15) is 0 Å². The lowest BCUT2D eigenvalue weighted by Gasteiger charge is -2.07.